The molecule has 0 amide bonds. The van der Waals surface area contributed by atoms with Crippen LogP contribution in [0.2, 0.25) is 11.2 Å². The van der Waals surface area contributed by atoms with Crippen molar-refractivity contribution >= 4 is 27.9 Å². The minimum Gasteiger partial charge on any atom is -0.374 e. The van der Waals surface area contributed by atoms with Crippen LogP contribution in [0.5, 0.6) is 0 Å². The van der Waals surface area contributed by atoms with E-state index < -0.39 is 17.6 Å². The molecule has 0 aliphatic rings. The largest absolute Gasteiger partial charge is 0.508 e. The van der Waals surface area contributed by atoms with Gasteiger partial charge in [-0.3, -0.25) is 0 Å². The van der Waals surface area contributed by atoms with E-state index in [0.29, 0.717) is 39.6 Å². The molecule has 0 aromatic carbocycles. The van der Waals surface area contributed by atoms with Gasteiger partial charge in [0.15, 0.2) is 0 Å². The van der Waals surface area contributed by atoms with Crippen molar-refractivity contribution in [3.05, 3.63) is 0 Å². The molecule has 0 bridgehead atoms. The molecule has 0 aliphatic carbocycles. The molecule has 0 heterocycles. The van der Waals surface area contributed by atoms with E-state index in [-0.39, 0.29) is 5.16 Å². The molecule has 0 aliphatic heterocycles. The zero-order valence-corrected chi connectivity index (χ0v) is 22.0. The van der Waals surface area contributed by atoms with Crippen molar-refractivity contribution < 1.29 is 26.6 Å². The summed E-state index contributed by atoms with van der Waals surface area (Å²) in [6, 6.07) is 1.39. The van der Waals surface area contributed by atoms with Gasteiger partial charge < -0.3 is 26.6 Å². The Hall–Kier alpha value is 0.411. The highest BCUT2D eigenvalue weighted by Crippen LogP contribution is 2.36. The molecule has 0 aromatic rings. The summed E-state index contributed by atoms with van der Waals surface area (Å²) < 4.78 is 36.0. The Morgan fingerprint density at radius 2 is 0.720 bits per heavy atom. The van der Waals surface area contributed by atoms with E-state index in [4.69, 9.17) is 26.6 Å². The molecule has 0 aromatic heterocycles. The van der Waals surface area contributed by atoms with Crippen LogP contribution in [0.25, 0.3) is 0 Å². The normalized spacial score (nSPS) is 12.4. The first-order valence-electron chi connectivity index (χ1n) is 9.77. The maximum atomic E-state index is 6.01. The molecule has 0 saturated heterocycles. The third-order valence-corrected chi connectivity index (χ3v) is 11.5. The predicted molar refractivity (Wildman–Crippen MR) is 111 cm³/mol. The maximum absolute atomic E-state index is 6.01. The molecular weight excluding hydrogens is 372 g/mol. The van der Waals surface area contributed by atoms with Crippen molar-refractivity contribution in [1.29, 1.82) is 0 Å². The molecule has 0 rings (SSSR count). The van der Waals surface area contributed by atoms with Gasteiger partial charge in [0.2, 0.25) is 0 Å². The predicted octanol–water partition coefficient (Wildman–Crippen LogP) is 2.80. The summed E-state index contributed by atoms with van der Waals surface area (Å²) in [5, 5.41) is -0.181. The average Bonchev–Trinajstić information content (AvgIpc) is 2.56. The molecule has 0 unspecified atom stereocenters. The van der Waals surface area contributed by atoms with Crippen LogP contribution >= 0.6 is 0 Å². The second kappa shape index (κ2) is 16.6. The molecular formula is C16H42O6Si3. The van der Waals surface area contributed by atoms with Gasteiger partial charge in [-0.2, -0.15) is 0 Å². The first-order valence-corrected chi connectivity index (χ1v) is 14.8. The van der Waals surface area contributed by atoms with E-state index in [1.807, 2.05) is 48.5 Å². The standard InChI is InChI=1S/C14H34O6Si2.C2H8Si/c1-8-15-21(16-9-2,17-10-3)14(7)22(18-11-4,19-12-5)20-13-6;1-2-3/h14H,8-13H2,1-7H3;2H2,1,3H3. The molecule has 6 nitrogen and oxygen atoms in total. The van der Waals surface area contributed by atoms with Gasteiger partial charge in [0, 0.05) is 49.9 Å². The summed E-state index contributed by atoms with van der Waals surface area (Å²) in [5.41, 5.74) is 0. The number of hydrogen-bond acceptors (Lipinski definition) is 6. The molecule has 0 fully saturated rings. The van der Waals surface area contributed by atoms with Crippen molar-refractivity contribution in [2.45, 2.75) is 66.6 Å². The first-order chi connectivity index (χ1) is 11.9. The summed E-state index contributed by atoms with van der Waals surface area (Å²) in [6.07, 6.45) is 0. The van der Waals surface area contributed by atoms with Crippen molar-refractivity contribution in [3.8, 4) is 0 Å². The lowest BCUT2D eigenvalue weighted by Gasteiger charge is -2.40. The van der Waals surface area contributed by atoms with Gasteiger partial charge in [-0.15, -0.1) is 0 Å². The Balaban J connectivity index is 0. The van der Waals surface area contributed by atoms with Gasteiger partial charge in [0.25, 0.3) is 0 Å². The number of rotatable bonds is 14. The highest BCUT2D eigenvalue weighted by molar-refractivity contribution is 6.82. The quantitative estimate of drug-likeness (QED) is 0.407. The summed E-state index contributed by atoms with van der Waals surface area (Å²) in [5.74, 6) is 0. The highest BCUT2D eigenvalue weighted by atomic mass is 28.5. The molecule has 9 heteroatoms. The van der Waals surface area contributed by atoms with Crippen molar-refractivity contribution in [3.63, 3.8) is 0 Å². The Morgan fingerprint density at radius 3 is 0.840 bits per heavy atom. The first kappa shape index (κ1) is 27.6. The lowest BCUT2D eigenvalue weighted by Crippen LogP contribution is -2.63. The van der Waals surface area contributed by atoms with Crippen molar-refractivity contribution in [2.75, 3.05) is 39.6 Å². The lowest BCUT2D eigenvalue weighted by atomic mass is 10.9. The van der Waals surface area contributed by atoms with Gasteiger partial charge in [-0.1, -0.05) is 19.9 Å². The van der Waals surface area contributed by atoms with Gasteiger partial charge in [0.05, 0.1) is 5.16 Å². The highest BCUT2D eigenvalue weighted by Gasteiger charge is 2.63. The van der Waals surface area contributed by atoms with Crippen LogP contribution in [-0.2, 0) is 26.6 Å². The third kappa shape index (κ3) is 9.25. The monoisotopic (exact) mass is 414 g/mol. The second-order valence-electron chi connectivity index (χ2n) is 5.23. The Labute approximate surface area is 161 Å². The van der Waals surface area contributed by atoms with Crippen LogP contribution < -0.4 is 0 Å². The van der Waals surface area contributed by atoms with E-state index in [0.717, 1.165) is 0 Å². The smallest absolute Gasteiger partial charge is 0.374 e. The van der Waals surface area contributed by atoms with E-state index in [1.165, 1.54) is 16.3 Å². The van der Waals surface area contributed by atoms with E-state index >= 15 is 0 Å². The summed E-state index contributed by atoms with van der Waals surface area (Å²) in [4.78, 5) is 0. The van der Waals surface area contributed by atoms with Crippen LogP contribution in [0.1, 0.15) is 55.4 Å². The fourth-order valence-electron chi connectivity index (χ4n) is 2.42. The van der Waals surface area contributed by atoms with E-state index in [2.05, 4.69) is 6.92 Å². The Kier molecular flexibility index (Phi) is 18.3. The molecule has 0 saturated carbocycles. The summed E-state index contributed by atoms with van der Waals surface area (Å²) >= 11 is 0. The number of hydrogen-bond donors (Lipinski definition) is 0. The summed E-state index contributed by atoms with van der Waals surface area (Å²) in [6.45, 7) is 19.0. The Bertz CT molecular complexity index is 237. The van der Waals surface area contributed by atoms with Gasteiger partial charge in [-0.05, 0) is 41.5 Å². The minimum atomic E-state index is -2.96. The maximum Gasteiger partial charge on any atom is 0.508 e. The average molecular weight is 415 g/mol. The van der Waals surface area contributed by atoms with Crippen LogP contribution in [0.4, 0.5) is 0 Å². The van der Waals surface area contributed by atoms with E-state index in [1.54, 1.807) is 0 Å². The van der Waals surface area contributed by atoms with Gasteiger partial charge >= 0.3 is 17.6 Å². The van der Waals surface area contributed by atoms with Crippen LogP contribution in [0.3, 0.4) is 0 Å². The van der Waals surface area contributed by atoms with Crippen LogP contribution in [0.15, 0.2) is 0 Å². The van der Waals surface area contributed by atoms with Gasteiger partial charge in [-0.25, -0.2) is 0 Å². The van der Waals surface area contributed by atoms with Gasteiger partial charge in [0.1, 0.15) is 0 Å². The zero-order valence-electron chi connectivity index (χ0n) is 18.0. The van der Waals surface area contributed by atoms with E-state index in [9.17, 15) is 0 Å². The van der Waals surface area contributed by atoms with Crippen LogP contribution in [0, 0.1) is 0 Å². The van der Waals surface area contributed by atoms with Crippen molar-refractivity contribution in [1.82, 2.24) is 0 Å². The molecule has 0 radical (unpaired) electrons. The zero-order chi connectivity index (χ0) is 19.8. The van der Waals surface area contributed by atoms with Crippen molar-refractivity contribution in [2.24, 2.45) is 0 Å². The molecule has 154 valence electrons. The lowest BCUT2D eigenvalue weighted by molar-refractivity contribution is 0.0349. The third-order valence-electron chi connectivity index (χ3n) is 3.13. The fraction of sp³-hybridized carbons (Fsp3) is 1.00. The minimum absolute atomic E-state index is 0.181. The molecule has 0 atom stereocenters. The SMILES string of the molecule is CCO[Si](OCC)(OCC)C(C)[Si](OCC)(OCC)OCC.CC[SiH3]. The molecule has 0 spiro atoms. The van der Waals surface area contributed by atoms with Crippen LogP contribution in [-0.4, -0.2) is 67.5 Å². The second-order valence-corrected chi connectivity index (χ2v) is 13.1. The molecule has 25 heavy (non-hydrogen) atoms. The Morgan fingerprint density at radius 1 is 0.560 bits per heavy atom. The molecule has 0 N–H and O–H groups in total. The summed E-state index contributed by atoms with van der Waals surface area (Å²) in [7, 11) is -4.55. The fourth-order valence-corrected chi connectivity index (χ4v) is 10.1. The topological polar surface area (TPSA) is 55.4 Å².